The van der Waals surface area contributed by atoms with Crippen molar-refractivity contribution < 1.29 is 21.1 Å². The molecule has 1 aliphatic carbocycles. The van der Waals surface area contributed by atoms with Gasteiger partial charge in [0.25, 0.3) is 0 Å². The zero-order valence-corrected chi connectivity index (χ0v) is 7.79. The van der Waals surface area contributed by atoms with Crippen LogP contribution in [0, 0.1) is 5.92 Å². The van der Waals surface area contributed by atoms with Crippen LogP contribution in [0.1, 0.15) is 25.7 Å². The highest BCUT2D eigenvalue weighted by Gasteiger charge is 2.36. The fraction of sp³-hybridized carbons (Fsp3) is 1.00. The van der Waals surface area contributed by atoms with Gasteiger partial charge in [-0.2, -0.15) is 8.42 Å². The van der Waals surface area contributed by atoms with E-state index in [0.29, 0.717) is 0 Å². The molecule has 0 aromatic heterocycles. The molecule has 0 amide bonds. The second-order valence-corrected chi connectivity index (χ2v) is 4.92. The van der Waals surface area contributed by atoms with Crippen molar-refractivity contribution in [2.75, 3.05) is 5.75 Å². The van der Waals surface area contributed by atoms with Gasteiger partial charge in [-0.15, -0.1) is 3.89 Å². The van der Waals surface area contributed by atoms with E-state index in [9.17, 15) is 21.1 Å². The largest absolute Gasteiger partial charge is 0.302 e. The fourth-order valence-corrected chi connectivity index (χ4v) is 2.44. The van der Waals surface area contributed by atoms with Crippen molar-refractivity contribution in [1.82, 2.24) is 0 Å². The van der Waals surface area contributed by atoms with Gasteiger partial charge in [-0.1, -0.05) is 0 Å². The maximum Gasteiger partial charge on any atom is 0.302 e. The Labute approximate surface area is 75.3 Å². The van der Waals surface area contributed by atoms with Gasteiger partial charge in [-0.3, -0.25) is 0 Å². The Morgan fingerprint density at radius 2 is 1.69 bits per heavy atom. The summed E-state index contributed by atoms with van der Waals surface area (Å²) in [6.45, 7) is 0. The summed E-state index contributed by atoms with van der Waals surface area (Å²) in [6, 6.07) is 0. The minimum absolute atomic E-state index is 0.0934. The number of hydrogen-bond acceptors (Lipinski definition) is 2. The highest BCUT2D eigenvalue weighted by Crippen LogP contribution is 2.36. The maximum absolute atomic E-state index is 12.6. The van der Waals surface area contributed by atoms with Gasteiger partial charge in [0.15, 0.2) is 0 Å². The molecule has 0 aromatic carbocycles. The summed E-state index contributed by atoms with van der Waals surface area (Å²) >= 11 is 0. The van der Waals surface area contributed by atoms with Gasteiger partial charge in [0.1, 0.15) is 0 Å². The summed E-state index contributed by atoms with van der Waals surface area (Å²) in [5.74, 6) is -3.73. The summed E-state index contributed by atoms with van der Waals surface area (Å²) in [6.07, 6.45) is -0.466. The predicted octanol–water partition coefficient (Wildman–Crippen LogP) is 2.11. The average Bonchev–Trinajstić information content (AvgIpc) is 1.91. The SMILES string of the molecule is O=S(=O)(F)CC1CCC(F)(F)CC1. The van der Waals surface area contributed by atoms with Gasteiger partial charge in [-0.05, 0) is 18.8 Å². The van der Waals surface area contributed by atoms with Crippen LogP contribution in [0.25, 0.3) is 0 Å². The van der Waals surface area contributed by atoms with E-state index in [1.54, 1.807) is 0 Å². The molecule has 0 heterocycles. The van der Waals surface area contributed by atoms with Crippen LogP contribution in [0.4, 0.5) is 12.7 Å². The van der Waals surface area contributed by atoms with Gasteiger partial charge in [0.2, 0.25) is 5.92 Å². The molecule has 0 bridgehead atoms. The molecule has 0 saturated heterocycles. The van der Waals surface area contributed by atoms with Crippen LogP contribution < -0.4 is 0 Å². The number of rotatable bonds is 2. The van der Waals surface area contributed by atoms with E-state index >= 15 is 0 Å². The van der Waals surface area contributed by atoms with E-state index in [0.717, 1.165) is 0 Å². The van der Waals surface area contributed by atoms with Crippen molar-refractivity contribution in [2.45, 2.75) is 31.6 Å². The van der Waals surface area contributed by atoms with Gasteiger partial charge >= 0.3 is 10.2 Å². The number of halogens is 3. The molecule has 1 fully saturated rings. The minimum atomic E-state index is -4.51. The number of hydrogen-bond donors (Lipinski definition) is 0. The molecule has 0 N–H and O–H groups in total. The van der Waals surface area contributed by atoms with Crippen molar-refractivity contribution >= 4 is 10.2 Å². The topological polar surface area (TPSA) is 34.1 Å². The first-order valence-electron chi connectivity index (χ1n) is 4.09. The first kappa shape index (κ1) is 10.8. The molecule has 6 heteroatoms. The first-order valence-corrected chi connectivity index (χ1v) is 5.64. The monoisotopic (exact) mass is 216 g/mol. The molecule has 0 spiro atoms. The molecular weight excluding hydrogens is 205 g/mol. The van der Waals surface area contributed by atoms with Crippen molar-refractivity contribution in [2.24, 2.45) is 5.92 Å². The molecule has 0 aromatic rings. The summed E-state index contributed by atoms with van der Waals surface area (Å²) < 4.78 is 57.7. The Kier molecular flexibility index (Phi) is 2.89. The lowest BCUT2D eigenvalue weighted by Gasteiger charge is -2.26. The van der Waals surface area contributed by atoms with Gasteiger partial charge in [0.05, 0.1) is 5.75 Å². The summed E-state index contributed by atoms with van der Waals surface area (Å²) in [4.78, 5) is 0. The minimum Gasteiger partial charge on any atom is -0.207 e. The first-order chi connectivity index (χ1) is 5.79. The Morgan fingerprint density at radius 3 is 2.08 bits per heavy atom. The molecule has 13 heavy (non-hydrogen) atoms. The third-order valence-corrected chi connectivity index (χ3v) is 3.14. The van der Waals surface area contributed by atoms with E-state index < -0.39 is 27.8 Å². The molecule has 1 aliphatic rings. The van der Waals surface area contributed by atoms with Crippen LogP contribution in [0.3, 0.4) is 0 Å². The molecule has 0 unspecified atom stereocenters. The quantitative estimate of drug-likeness (QED) is 0.662. The molecule has 1 saturated carbocycles. The van der Waals surface area contributed by atoms with Crippen LogP contribution in [-0.4, -0.2) is 20.1 Å². The van der Waals surface area contributed by atoms with E-state index in [-0.39, 0.29) is 25.7 Å². The molecule has 1 rings (SSSR count). The Morgan fingerprint density at radius 1 is 1.23 bits per heavy atom. The van der Waals surface area contributed by atoms with Crippen molar-refractivity contribution in [3.63, 3.8) is 0 Å². The molecule has 0 aliphatic heterocycles. The zero-order chi connectivity index (χ0) is 10.1. The third kappa shape index (κ3) is 3.97. The van der Waals surface area contributed by atoms with Crippen LogP contribution in [0.15, 0.2) is 0 Å². The van der Waals surface area contributed by atoms with E-state index in [1.807, 2.05) is 0 Å². The lowest BCUT2D eigenvalue weighted by atomic mass is 9.88. The van der Waals surface area contributed by atoms with Crippen molar-refractivity contribution in [3.05, 3.63) is 0 Å². The third-order valence-electron chi connectivity index (χ3n) is 2.27. The summed E-state index contributed by atoms with van der Waals surface area (Å²) in [7, 11) is -4.51. The lowest BCUT2D eigenvalue weighted by Crippen LogP contribution is -2.27. The fourth-order valence-electron chi connectivity index (χ4n) is 1.55. The Balaban J connectivity index is 2.43. The van der Waals surface area contributed by atoms with Crippen LogP contribution in [-0.2, 0) is 10.2 Å². The smallest absolute Gasteiger partial charge is 0.207 e. The van der Waals surface area contributed by atoms with Crippen LogP contribution >= 0.6 is 0 Å². The normalized spacial score (nSPS) is 24.5. The summed E-state index contributed by atoms with van der Waals surface area (Å²) in [5.41, 5.74) is 0. The molecule has 78 valence electrons. The average molecular weight is 216 g/mol. The molecule has 0 atom stereocenters. The Hall–Kier alpha value is -0.260. The van der Waals surface area contributed by atoms with E-state index in [4.69, 9.17) is 0 Å². The lowest BCUT2D eigenvalue weighted by molar-refractivity contribution is -0.0435. The van der Waals surface area contributed by atoms with Crippen molar-refractivity contribution in [1.29, 1.82) is 0 Å². The second-order valence-electron chi connectivity index (χ2n) is 3.50. The van der Waals surface area contributed by atoms with Crippen LogP contribution in [0.5, 0.6) is 0 Å². The maximum atomic E-state index is 12.6. The zero-order valence-electron chi connectivity index (χ0n) is 6.97. The van der Waals surface area contributed by atoms with Gasteiger partial charge < -0.3 is 0 Å². The summed E-state index contributed by atoms with van der Waals surface area (Å²) in [5, 5.41) is 0. The molecule has 0 radical (unpaired) electrons. The van der Waals surface area contributed by atoms with Crippen LogP contribution in [0.2, 0.25) is 0 Å². The second kappa shape index (κ2) is 3.48. The van der Waals surface area contributed by atoms with Gasteiger partial charge in [-0.25, -0.2) is 8.78 Å². The Bertz CT molecular complexity index is 263. The molecular formula is C7H11F3O2S. The van der Waals surface area contributed by atoms with Gasteiger partial charge in [0, 0.05) is 12.8 Å². The van der Waals surface area contributed by atoms with Crippen molar-refractivity contribution in [3.8, 4) is 0 Å². The standard InChI is InChI=1S/C7H11F3O2S/c8-7(9)3-1-6(2-4-7)5-13(10,11)12/h6H,1-5H2. The van der Waals surface area contributed by atoms with E-state index in [1.165, 1.54) is 0 Å². The predicted molar refractivity (Wildman–Crippen MR) is 41.8 cm³/mol. The highest BCUT2D eigenvalue weighted by atomic mass is 32.3. The van der Waals surface area contributed by atoms with E-state index in [2.05, 4.69) is 0 Å². The molecule has 2 nitrogen and oxygen atoms in total. The number of alkyl halides is 2. The highest BCUT2D eigenvalue weighted by molar-refractivity contribution is 7.86.